The number of aryl methyl sites for hydroxylation is 3. The maximum Gasteiger partial charge on any atom is 0.191 e. The van der Waals surface area contributed by atoms with Gasteiger partial charge in [0.15, 0.2) is 16.8 Å². The molecule has 0 aliphatic rings. The summed E-state index contributed by atoms with van der Waals surface area (Å²) in [6.07, 6.45) is 5.17. The first-order valence-electron chi connectivity index (χ1n) is 9.17. The van der Waals surface area contributed by atoms with Crippen molar-refractivity contribution in [2.75, 3.05) is 5.75 Å². The van der Waals surface area contributed by atoms with E-state index in [0.717, 1.165) is 35.3 Å². The standard InChI is InChI=1S/C19H25N5O2S/c1-5-6-7-8-23-12-20-21-19(23)27-11-17(25)16-9-13(2)24(15(16)4)18-10-14(3)26-22-18/h9-10,12H,5-8,11H2,1-4H3. The molecule has 0 unspecified atom stereocenters. The van der Waals surface area contributed by atoms with E-state index < -0.39 is 0 Å². The molecule has 0 saturated carbocycles. The fourth-order valence-electron chi connectivity index (χ4n) is 3.11. The van der Waals surface area contributed by atoms with Gasteiger partial charge in [0.05, 0.1) is 5.75 Å². The molecule has 3 aromatic rings. The van der Waals surface area contributed by atoms with Crippen molar-refractivity contribution in [1.29, 1.82) is 0 Å². The van der Waals surface area contributed by atoms with Gasteiger partial charge in [0.1, 0.15) is 12.1 Å². The van der Waals surface area contributed by atoms with E-state index in [2.05, 4.69) is 22.3 Å². The molecule has 0 amide bonds. The van der Waals surface area contributed by atoms with Gasteiger partial charge in [0.2, 0.25) is 0 Å². The summed E-state index contributed by atoms with van der Waals surface area (Å²) in [4.78, 5) is 12.8. The van der Waals surface area contributed by atoms with E-state index in [-0.39, 0.29) is 5.78 Å². The number of aromatic nitrogens is 5. The van der Waals surface area contributed by atoms with Crippen LogP contribution in [0.3, 0.4) is 0 Å². The van der Waals surface area contributed by atoms with Gasteiger partial charge in [-0.15, -0.1) is 10.2 Å². The summed E-state index contributed by atoms with van der Waals surface area (Å²) in [5, 5.41) is 13.0. The Balaban J connectivity index is 1.70. The molecule has 0 radical (unpaired) electrons. The van der Waals surface area contributed by atoms with Crippen LogP contribution in [0.2, 0.25) is 0 Å². The fourth-order valence-corrected chi connectivity index (χ4v) is 3.93. The topological polar surface area (TPSA) is 78.7 Å². The van der Waals surface area contributed by atoms with Crippen molar-refractivity contribution in [2.24, 2.45) is 0 Å². The maximum absolute atomic E-state index is 12.8. The summed E-state index contributed by atoms with van der Waals surface area (Å²) in [5.41, 5.74) is 2.53. The molecule has 0 spiro atoms. The molecule has 0 atom stereocenters. The molecule has 7 nitrogen and oxygen atoms in total. The number of ketones is 1. The molecule has 3 aromatic heterocycles. The third kappa shape index (κ3) is 4.32. The normalized spacial score (nSPS) is 11.3. The molecular weight excluding hydrogens is 362 g/mol. The van der Waals surface area contributed by atoms with Crippen LogP contribution in [-0.4, -0.2) is 36.0 Å². The van der Waals surface area contributed by atoms with Gasteiger partial charge in [0, 0.05) is 29.6 Å². The van der Waals surface area contributed by atoms with E-state index in [1.807, 2.05) is 42.0 Å². The predicted molar refractivity (Wildman–Crippen MR) is 105 cm³/mol. The quantitative estimate of drug-likeness (QED) is 0.312. The van der Waals surface area contributed by atoms with E-state index in [1.165, 1.54) is 24.6 Å². The molecule has 8 heteroatoms. The minimum Gasteiger partial charge on any atom is -0.360 e. The van der Waals surface area contributed by atoms with Crippen molar-refractivity contribution >= 4 is 17.5 Å². The van der Waals surface area contributed by atoms with Crippen LogP contribution >= 0.6 is 11.8 Å². The van der Waals surface area contributed by atoms with Crippen LogP contribution in [0.5, 0.6) is 0 Å². The van der Waals surface area contributed by atoms with Crippen LogP contribution in [0, 0.1) is 20.8 Å². The van der Waals surface area contributed by atoms with Crippen molar-refractivity contribution in [1.82, 2.24) is 24.5 Å². The summed E-state index contributed by atoms with van der Waals surface area (Å²) in [6.45, 7) is 8.81. The summed E-state index contributed by atoms with van der Waals surface area (Å²) < 4.78 is 9.14. The maximum atomic E-state index is 12.8. The Kier molecular flexibility index (Phi) is 6.15. The molecule has 0 N–H and O–H groups in total. The van der Waals surface area contributed by atoms with Gasteiger partial charge in [-0.2, -0.15) is 0 Å². The number of nitrogens with zero attached hydrogens (tertiary/aromatic N) is 5. The number of rotatable bonds is 9. The van der Waals surface area contributed by atoms with Gasteiger partial charge in [-0.25, -0.2) is 0 Å². The lowest BCUT2D eigenvalue weighted by Crippen LogP contribution is -2.07. The van der Waals surface area contributed by atoms with E-state index in [4.69, 9.17) is 4.52 Å². The molecule has 0 saturated heterocycles. The lowest BCUT2D eigenvalue weighted by molar-refractivity contribution is 0.102. The molecule has 0 bridgehead atoms. The fraction of sp³-hybridized carbons (Fsp3) is 0.474. The zero-order valence-electron chi connectivity index (χ0n) is 16.2. The van der Waals surface area contributed by atoms with E-state index in [9.17, 15) is 4.79 Å². The highest BCUT2D eigenvalue weighted by molar-refractivity contribution is 7.99. The zero-order valence-corrected chi connectivity index (χ0v) is 17.0. The largest absolute Gasteiger partial charge is 0.360 e. The van der Waals surface area contributed by atoms with Crippen LogP contribution in [0.4, 0.5) is 0 Å². The van der Waals surface area contributed by atoms with Gasteiger partial charge in [-0.1, -0.05) is 36.7 Å². The Bertz CT molecular complexity index is 925. The molecule has 0 aliphatic heterocycles. The number of carbonyl (C=O) groups excluding carboxylic acids is 1. The van der Waals surface area contributed by atoms with Crippen LogP contribution in [0.25, 0.3) is 5.82 Å². The van der Waals surface area contributed by atoms with E-state index in [1.54, 1.807) is 6.33 Å². The van der Waals surface area contributed by atoms with Crippen LogP contribution in [0.15, 0.2) is 28.1 Å². The number of thioether (sulfide) groups is 1. The number of hydrogen-bond donors (Lipinski definition) is 0. The lowest BCUT2D eigenvalue weighted by Gasteiger charge is -2.06. The molecular formula is C19H25N5O2S. The highest BCUT2D eigenvalue weighted by Gasteiger charge is 2.19. The molecule has 3 rings (SSSR count). The van der Waals surface area contributed by atoms with Gasteiger partial charge < -0.3 is 9.09 Å². The second-order valence-electron chi connectivity index (χ2n) is 6.64. The van der Waals surface area contributed by atoms with Gasteiger partial charge in [-0.3, -0.25) is 9.36 Å². The first kappa shape index (κ1) is 19.4. The highest BCUT2D eigenvalue weighted by atomic mass is 32.2. The van der Waals surface area contributed by atoms with Crippen molar-refractivity contribution in [3.05, 3.63) is 41.2 Å². The van der Waals surface area contributed by atoms with Crippen LogP contribution < -0.4 is 0 Å². The van der Waals surface area contributed by atoms with Gasteiger partial charge in [-0.05, 0) is 33.3 Å². The molecule has 0 aliphatic carbocycles. The van der Waals surface area contributed by atoms with Crippen molar-refractivity contribution < 1.29 is 9.32 Å². The summed E-state index contributed by atoms with van der Waals surface area (Å²) >= 11 is 1.43. The Hall–Kier alpha value is -2.35. The second kappa shape index (κ2) is 8.56. The Morgan fingerprint density at radius 3 is 2.74 bits per heavy atom. The zero-order chi connectivity index (χ0) is 19.4. The smallest absolute Gasteiger partial charge is 0.191 e. The summed E-state index contributed by atoms with van der Waals surface area (Å²) in [6, 6.07) is 3.77. The first-order chi connectivity index (χ1) is 13.0. The van der Waals surface area contributed by atoms with Crippen molar-refractivity contribution in [3.8, 4) is 5.82 Å². The Morgan fingerprint density at radius 1 is 1.22 bits per heavy atom. The Morgan fingerprint density at radius 2 is 2.04 bits per heavy atom. The minimum absolute atomic E-state index is 0.0719. The van der Waals surface area contributed by atoms with Crippen LogP contribution in [0.1, 0.15) is 53.7 Å². The van der Waals surface area contributed by atoms with E-state index >= 15 is 0 Å². The molecule has 0 fully saturated rings. The monoisotopic (exact) mass is 387 g/mol. The molecule has 3 heterocycles. The number of Topliss-reactive ketones (excluding diaryl/α,β-unsaturated/α-hetero) is 1. The van der Waals surface area contributed by atoms with Crippen molar-refractivity contribution in [3.63, 3.8) is 0 Å². The SMILES string of the molecule is CCCCCn1cnnc1SCC(=O)c1cc(C)n(-c2cc(C)on2)c1C. The third-order valence-electron chi connectivity index (χ3n) is 4.49. The average Bonchev–Trinajstić information content (AvgIpc) is 3.33. The Labute approximate surface area is 163 Å². The molecule has 27 heavy (non-hydrogen) atoms. The first-order valence-corrected chi connectivity index (χ1v) is 10.2. The lowest BCUT2D eigenvalue weighted by atomic mass is 10.2. The number of unbranched alkanes of at least 4 members (excludes halogenated alkanes) is 2. The number of hydrogen-bond acceptors (Lipinski definition) is 6. The molecule has 0 aromatic carbocycles. The summed E-state index contributed by atoms with van der Waals surface area (Å²) in [7, 11) is 0. The third-order valence-corrected chi connectivity index (χ3v) is 5.47. The molecule has 144 valence electrons. The van der Waals surface area contributed by atoms with Crippen LogP contribution in [-0.2, 0) is 6.54 Å². The predicted octanol–water partition coefficient (Wildman–Crippen LogP) is 4.15. The second-order valence-corrected chi connectivity index (χ2v) is 7.58. The van der Waals surface area contributed by atoms with Gasteiger partial charge >= 0.3 is 0 Å². The van der Waals surface area contributed by atoms with Crippen molar-refractivity contribution in [2.45, 2.75) is 58.7 Å². The number of carbonyl (C=O) groups is 1. The van der Waals surface area contributed by atoms with Gasteiger partial charge in [0.25, 0.3) is 0 Å². The summed E-state index contributed by atoms with van der Waals surface area (Å²) in [5.74, 6) is 1.84. The highest BCUT2D eigenvalue weighted by Crippen LogP contribution is 2.24. The minimum atomic E-state index is 0.0719. The van der Waals surface area contributed by atoms with E-state index in [0.29, 0.717) is 17.1 Å². The average molecular weight is 388 g/mol.